The van der Waals surface area contributed by atoms with Gasteiger partial charge in [-0.3, -0.25) is 0 Å². The minimum atomic E-state index is 0.160. The van der Waals surface area contributed by atoms with Gasteiger partial charge in [-0.1, -0.05) is 42.1 Å². The molecule has 0 spiro atoms. The second-order valence-corrected chi connectivity index (χ2v) is 4.77. The molecule has 1 atom stereocenters. The van der Waals surface area contributed by atoms with Gasteiger partial charge in [0.15, 0.2) is 0 Å². The van der Waals surface area contributed by atoms with E-state index in [4.69, 9.17) is 4.74 Å². The highest BCUT2D eigenvalue weighted by Gasteiger charge is 2.32. The van der Waals surface area contributed by atoms with Crippen molar-refractivity contribution in [1.29, 1.82) is 0 Å². The predicted octanol–water partition coefficient (Wildman–Crippen LogP) is 3.90. The molecule has 0 saturated heterocycles. The van der Waals surface area contributed by atoms with Gasteiger partial charge in [0.05, 0.1) is 11.7 Å². The molecule has 0 radical (unpaired) electrons. The molecule has 0 heterocycles. The first-order valence-electron chi connectivity index (χ1n) is 5.46. The number of rotatable bonds is 4. The van der Waals surface area contributed by atoms with Crippen molar-refractivity contribution in [1.82, 2.24) is 0 Å². The average Bonchev–Trinajstić information content (AvgIpc) is 2.19. The Balaban J connectivity index is 2.47. The molecule has 1 nitrogen and oxygen atoms in total. The van der Waals surface area contributed by atoms with Crippen LogP contribution in [0, 0.1) is 0 Å². The van der Waals surface area contributed by atoms with E-state index in [0.29, 0.717) is 6.10 Å². The van der Waals surface area contributed by atoms with E-state index in [0.717, 1.165) is 11.8 Å². The van der Waals surface area contributed by atoms with Crippen molar-refractivity contribution < 1.29 is 4.74 Å². The summed E-state index contributed by atoms with van der Waals surface area (Å²) in [7, 11) is 0. The van der Waals surface area contributed by atoms with Crippen molar-refractivity contribution >= 4 is 15.9 Å². The van der Waals surface area contributed by atoms with E-state index in [9.17, 15) is 0 Å². The lowest BCUT2D eigenvalue weighted by molar-refractivity contribution is -0.0918. The Hall–Kier alpha value is 0.440. The summed E-state index contributed by atoms with van der Waals surface area (Å²) in [4.78, 5) is 0. The zero-order valence-corrected chi connectivity index (χ0v) is 10.4. The molecular weight excluding hydrogens is 228 g/mol. The molecule has 2 heteroatoms. The maximum atomic E-state index is 6.13. The fourth-order valence-electron chi connectivity index (χ4n) is 1.99. The zero-order chi connectivity index (χ0) is 9.73. The van der Waals surface area contributed by atoms with Crippen LogP contribution in [-0.4, -0.2) is 17.0 Å². The minimum absolute atomic E-state index is 0.160. The van der Waals surface area contributed by atoms with E-state index in [1.165, 1.54) is 32.1 Å². The molecule has 1 aliphatic rings. The molecule has 0 aliphatic heterocycles. The van der Waals surface area contributed by atoms with E-state index in [2.05, 4.69) is 29.8 Å². The summed E-state index contributed by atoms with van der Waals surface area (Å²) < 4.78 is 6.13. The van der Waals surface area contributed by atoms with Gasteiger partial charge >= 0.3 is 0 Å². The quantitative estimate of drug-likeness (QED) is 0.686. The monoisotopic (exact) mass is 248 g/mol. The first-order valence-corrected chi connectivity index (χ1v) is 6.58. The van der Waals surface area contributed by atoms with E-state index in [1.54, 1.807) is 0 Å². The third-order valence-corrected chi connectivity index (χ3v) is 4.06. The summed E-state index contributed by atoms with van der Waals surface area (Å²) in [5, 5.41) is 1.00. The number of alkyl halides is 1. The van der Waals surface area contributed by atoms with E-state index >= 15 is 0 Å². The minimum Gasteiger partial charge on any atom is -0.371 e. The van der Waals surface area contributed by atoms with Crippen LogP contribution in [0.4, 0.5) is 0 Å². The highest BCUT2D eigenvalue weighted by Crippen LogP contribution is 2.34. The van der Waals surface area contributed by atoms with Crippen LogP contribution in [0.5, 0.6) is 0 Å². The van der Waals surface area contributed by atoms with Crippen LogP contribution in [0.3, 0.4) is 0 Å². The maximum Gasteiger partial charge on any atom is 0.0782 e. The fourth-order valence-corrected chi connectivity index (χ4v) is 2.68. The van der Waals surface area contributed by atoms with Crippen molar-refractivity contribution in [3.8, 4) is 0 Å². The lowest BCUT2D eigenvalue weighted by atomic mass is 9.86. The molecule has 0 aromatic rings. The van der Waals surface area contributed by atoms with Crippen LogP contribution in [-0.2, 0) is 4.74 Å². The van der Waals surface area contributed by atoms with Crippen LogP contribution in [0.1, 0.15) is 52.4 Å². The van der Waals surface area contributed by atoms with Gasteiger partial charge in [0.25, 0.3) is 0 Å². The summed E-state index contributed by atoms with van der Waals surface area (Å²) >= 11 is 3.60. The fraction of sp³-hybridized carbons (Fsp3) is 1.00. The second kappa shape index (κ2) is 5.35. The molecule has 78 valence electrons. The Labute approximate surface area is 90.4 Å². The van der Waals surface area contributed by atoms with Gasteiger partial charge in [-0.25, -0.2) is 0 Å². The van der Waals surface area contributed by atoms with Gasteiger partial charge in [0.2, 0.25) is 0 Å². The molecule has 0 N–H and O–H groups in total. The molecule has 0 amide bonds. The third-order valence-electron chi connectivity index (χ3n) is 3.03. The van der Waals surface area contributed by atoms with Gasteiger partial charge in [0, 0.05) is 5.33 Å². The summed E-state index contributed by atoms with van der Waals surface area (Å²) in [6, 6.07) is 0. The van der Waals surface area contributed by atoms with Gasteiger partial charge in [-0.15, -0.1) is 0 Å². The SMILES string of the molecule is CCC(C)OC1(CBr)CCCCC1. The molecular formula is C11H21BrO. The second-order valence-electron chi connectivity index (χ2n) is 4.21. The number of hydrogen-bond donors (Lipinski definition) is 0. The van der Waals surface area contributed by atoms with Crippen molar-refractivity contribution in [2.45, 2.75) is 64.1 Å². The van der Waals surface area contributed by atoms with E-state index < -0.39 is 0 Å². The summed E-state index contributed by atoms with van der Waals surface area (Å²) in [6.45, 7) is 4.37. The zero-order valence-electron chi connectivity index (χ0n) is 8.81. The highest BCUT2D eigenvalue weighted by molar-refractivity contribution is 9.09. The van der Waals surface area contributed by atoms with Crippen LogP contribution < -0.4 is 0 Å². The molecule has 1 unspecified atom stereocenters. The first kappa shape index (κ1) is 11.5. The Morgan fingerprint density at radius 1 is 1.31 bits per heavy atom. The number of halogens is 1. The largest absolute Gasteiger partial charge is 0.371 e. The Kier molecular flexibility index (Phi) is 4.74. The molecule has 1 fully saturated rings. The van der Waals surface area contributed by atoms with E-state index in [-0.39, 0.29) is 5.60 Å². The standard InChI is InChI=1S/C11H21BrO/c1-3-10(2)13-11(9-12)7-5-4-6-8-11/h10H,3-9H2,1-2H3. The highest BCUT2D eigenvalue weighted by atomic mass is 79.9. The third kappa shape index (κ3) is 3.25. The normalized spacial score (nSPS) is 24.2. The Bertz CT molecular complexity index is 141. The van der Waals surface area contributed by atoms with Gasteiger partial charge in [-0.05, 0) is 26.2 Å². The first-order chi connectivity index (χ1) is 6.22. The lowest BCUT2D eigenvalue weighted by Gasteiger charge is -2.38. The molecule has 13 heavy (non-hydrogen) atoms. The smallest absolute Gasteiger partial charge is 0.0782 e. The van der Waals surface area contributed by atoms with Crippen molar-refractivity contribution in [3.05, 3.63) is 0 Å². The van der Waals surface area contributed by atoms with Gasteiger partial charge < -0.3 is 4.74 Å². The summed E-state index contributed by atoms with van der Waals surface area (Å²) in [5.41, 5.74) is 0.160. The molecule has 1 rings (SSSR count). The number of ether oxygens (including phenoxy) is 1. The molecule has 1 saturated carbocycles. The van der Waals surface area contributed by atoms with Crippen molar-refractivity contribution in [2.24, 2.45) is 0 Å². The lowest BCUT2D eigenvalue weighted by Crippen LogP contribution is -2.39. The number of hydrogen-bond acceptors (Lipinski definition) is 1. The molecule has 1 aliphatic carbocycles. The Morgan fingerprint density at radius 2 is 1.92 bits per heavy atom. The predicted molar refractivity (Wildman–Crippen MR) is 60.4 cm³/mol. The molecule has 0 aromatic carbocycles. The van der Waals surface area contributed by atoms with Crippen molar-refractivity contribution in [2.75, 3.05) is 5.33 Å². The Morgan fingerprint density at radius 3 is 2.38 bits per heavy atom. The van der Waals surface area contributed by atoms with Crippen molar-refractivity contribution in [3.63, 3.8) is 0 Å². The summed E-state index contributed by atoms with van der Waals surface area (Å²) in [6.07, 6.45) is 8.07. The molecule has 0 aromatic heterocycles. The average molecular weight is 249 g/mol. The van der Waals surface area contributed by atoms with E-state index in [1.807, 2.05) is 0 Å². The van der Waals surface area contributed by atoms with Crippen LogP contribution >= 0.6 is 15.9 Å². The topological polar surface area (TPSA) is 9.23 Å². The van der Waals surface area contributed by atoms with Gasteiger partial charge in [0.1, 0.15) is 0 Å². The van der Waals surface area contributed by atoms with Crippen LogP contribution in [0.15, 0.2) is 0 Å². The van der Waals surface area contributed by atoms with Crippen LogP contribution in [0.2, 0.25) is 0 Å². The maximum absolute atomic E-state index is 6.13. The van der Waals surface area contributed by atoms with Crippen LogP contribution in [0.25, 0.3) is 0 Å². The summed E-state index contributed by atoms with van der Waals surface area (Å²) in [5.74, 6) is 0. The molecule has 0 bridgehead atoms. The van der Waals surface area contributed by atoms with Gasteiger partial charge in [-0.2, -0.15) is 0 Å².